The summed E-state index contributed by atoms with van der Waals surface area (Å²) in [5, 5.41) is 10.2. The number of aromatic hydroxyl groups is 1. The first-order valence-corrected chi connectivity index (χ1v) is 8.48. The molecule has 4 rings (SSSR count). The quantitative estimate of drug-likeness (QED) is 0.754. The first-order valence-electron chi connectivity index (χ1n) is 8.48. The van der Waals surface area contributed by atoms with Crippen LogP contribution in [0, 0.1) is 11.8 Å². The summed E-state index contributed by atoms with van der Waals surface area (Å²) in [4.78, 5) is 0. The Morgan fingerprint density at radius 2 is 1.76 bits per heavy atom. The Morgan fingerprint density at radius 3 is 2.67 bits per heavy atom. The molecule has 0 radical (unpaired) electrons. The molecular formula is C19H24O2. The number of ether oxygens (including phenoxy) is 1. The van der Waals surface area contributed by atoms with E-state index < -0.39 is 0 Å². The van der Waals surface area contributed by atoms with E-state index in [2.05, 4.69) is 6.08 Å². The van der Waals surface area contributed by atoms with E-state index in [1.165, 1.54) is 44.9 Å². The van der Waals surface area contributed by atoms with Crippen LogP contribution in [0.15, 0.2) is 35.9 Å². The largest absolute Gasteiger partial charge is 0.508 e. The van der Waals surface area contributed by atoms with E-state index in [0.29, 0.717) is 23.7 Å². The Balaban J connectivity index is 1.72. The van der Waals surface area contributed by atoms with E-state index in [1.807, 2.05) is 18.2 Å². The molecule has 1 N–H and O–H groups in total. The van der Waals surface area contributed by atoms with Gasteiger partial charge in [-0.1, -0.05) is 42.7 Å². The molecule has 0 bridgehead atoms. The minimum Gasteiger partial charge on any atom is -0.508 e. The molecule has 1 aliphatic heterocycles. The van der Waals surface area contributed by atoms with Gasteiger partial charge >= 0.3 is 0 Å². The molecule has 2 fully saturated rings. The summed E-state index contributed by atoms with van der Waals surface area (Å²) in [6.45, 7) is 0. The molecule has 1 aromatic carbocycles. The number of para-hydroxylation sites is 1. The van der Waals surface area contributed by atoms with Gasteiger partial charge in [0.2, 0.25) is 0 Å². The van der Waals surface area contributed by atoms with Gasteiger partial charge in [-0.2, -0.15) is 0 Å². The highest BCUT2D eigenvalue weighted by Crippen LogP contribution is 2.52. The van der Waals surface area contributed by atoms with Crippen LogP contribution in [-0.4, -0.2) is 11.2 Å². The number of allylic oxidation sites excluding steroid dienone is 1. The summed E-state index contributed by atoms with van der Waals surface area (Å²) < 4.78 is 6.53. The van der Waals surface area contributed by atoms with E-state index >= 15 is 0 Å². The zero-order chi connectivity index (χ0) is 14.2. The van der Waals surface area contributed by atoms with Gasteiger partial charge in [0, 0.05) is 17.4 Å². The number of rotatable bonds is 1. The first-order chi connectivity index (χ1) is 10.3. The fourth-order valence-electron chi connectivity index (χ4n) is 4.62. The van der Waals surface area contributed by atoms with Gasteiger partial charge in [0.15, 0.2) is 0 Å². The van der Waals surface area contributed by atoms with E-state index in [4.69, 9.17) is 4.74 Å². The maximum Gasteiger partial charge on any atom is 0.121 e. The second kappa shape index (κ2) is 5.49. The van der Waals surface area contributed by atoms with Crippen molar-refractivity contribution < 1.29 is 9.84 Å². The molecule has 21 heavy (non-hydrogen) atoms. The highest BCUT2D eigenvalue weighted by Gasteiger charge is 2.44. The lowest BCUT2D eigenvalue weighted by Gasteiger charge is -2.47. The molecule has 1 aromatic rings. The predicted octanol–water partition coefficient (Wildman–Crippen LogP) is 4.75. The number of fused-ring (bicyclic) bond motifs is 3. The van der Waals surface area contributed by atoms with Crippen molar-refractivity contribution in [3.05, 3.63) is 41.5 Å². The number of phenolic OH excluding ortho intramolecular Hbond substituents is 1. The zero-order valence-corrected chi connectivity index (χ0v) is 12.5. The molecule has 0 spiro atoms. The molecule has 112 valence electrons. The minimum absolute atomic E-state index is 0.0529. The molecule has 3 aliphatic rings. The van der Waals surface area contributed by atoms with Crippen LogP contribution in [-0.2, 0) is 4.74 Å². The van der Waals surface area contributed by atoms with Crippen molar-refractivity contribution in [1.29, 1.82) is 0 Å². The number of hydrogen-bond acceptors (Lipinski definition) is 2. The monoisotopic (exact) mass is 284 g/mol. The molecule has 1 saturated heterocycles. The molecule has 4 atom stereocenters. The van der Waals surface area contributed by atoms with Crippen molar-refractivity contribution in [2.24, 2.45) is 11.8 Å². The molecular weight excluding hydrogens is 260 g/mol. The summed E-state index contributed by atoms with van der Waals surface area (Å²) in [7, 11) is 0. The third-order valence-electron chi connectivity index (χ3n) is 5.59. The topological polar surface area (TPSA) is 29.5 Å². The van der Waals surface area contributed by atoms with Gasteiger partial charge in [-0.3, -0.25) is 0 Å². The SMILES string of the molecule is Oc1ccccc1[C@@H]1O[C@@H]2CCCCC2C2=CCCCC21. The van der Waals surface area contributed by atoms with Crippen LogP contribution >= 0.6 is 0 Å². The minimum atomic E-state index is 0.0529. The summed E-state index contributed by atoms with van der Waals surface area (Å²) >= 11 is 0. The number of benzene rings is 1. The molecule has 1 heterocycles. The van der Waals surface area contributed by atoms with Crippen molar-refractivity contribution in [3.63, 3.8) is 0 Å². The lowest BCUT2D eigenvalue weighted by atomic mass is 9.68. The summed E-state index contributed by atoms with van der Waals surface area (Å²) in [6.07, 6.45) is 11.7. The Hall–Kier alpha value is -1.28. The third kappa shape index (κ3) is 2.30. The van der Waals surface area contributed by atoms with E-state index in [-0.39, 0.29) is 6.10 Å². The maximum atomic E-state index is 10.2. The Kier molecular flexibility index (Phi) is 3.50. The molecule has 2 heteroatoms. The summed E-state index contributed by atoms with van der Waals surface area (Å²) in [5.74, 6) is 1.51. The number of hydrogen-bond donors (Lipinski definition) is 1. The lowest BCUT2D eigenvalue weighted by molar-refractivity contribution is -0.107. The third-order valence-corrected chi connectivity index (χ3v) is 5.59. The van der Waals surface area contributed by atoms with Crippen molar-refractivity contribution in [2.75, 3.05) is 0 Å². The van der Waals surface area contributed by atoms with Gasteiger partial charge in [0.05, 0.1) is 12.2 Å². The van der Waals surface area contributed by atoms with Gasteiger partial charge in [-0.05, 0) is 38.2 Å². The van der Waals surface area contributed by atoms with Gasteiger partial charge in [0.25, 0.3) is 0 Å². The zero-order valence-electron chi connectivity index (χ0n) is 12.5. The van der Waals surface area contributed by atoms with E-state index in [1.54, 1.807) is 11.6 Å². The van der Waals surface area contributed by atoms with Crippen LogP contribution in [0.3, 0.4) is 0 Å². The smallest absolute Gasteiger partial charge is 0.121 e. The Morgan fingerprint density at radius 1 is 0.952 bits per heavy atom. The van der Waals surface area contributed by atoms with Crippen LogP contribution in [0.1, 0.15) is 56.6 Å². The van der Waals surface area contributed by atoms with Gasteiger partial charge in [-0.15, -0.1) is 0 Å². The highest BCUT2D eigenvalue weighted by atomic mass is 16.5. The first kappa shape index (κ1) is 13.4. The van der Waals surface area contributed by atoms with Crippen molar-refractivity contribution in [3.8, 4) is 5.75 Å². The van der Waals surface area contributed by atoms with E-state index in [0.717, 1.165) is 5.56 Å². The average Bonchev–Trinajstić information content (AvgIpc) is 2.55. The van der Waals surface area contributed by atoms with Crippen molar-refractivity contribution in [2.45, 2.75) is 57.2 Å². The molecule has 2 aliphatic carbocycles. The average molecular weight is 284 g/mol. The standard InChI is InChI=1S/C19H24O2/c20-17-11-5-3-10-16(17)19-15-9-2-1-7-13(15)14-8-4-6-12-18(14)21-19/h3,5,7,10-11,14-15,18-20H,1-2,4,6,8-9,12H2/t14?,15?,18-,19-/m1/s1. The molecule has 1 saturated carbocycles. The van der Waals surface area contributed by atoms with Crippen LogP contribution in [0.4, 0.5) is 0 Å². The highest BCUT2D eigenvalue weighted by molar-refractivity contribution is 5.37. The fraction of sp³-hybridized carbons (Fsp3) is 0.579. The molecule has 2 nitrogen and oxygen atoms in total. The lowest BCUT2D eigenvalue weighted by Crippen LogP contribution is -2.41. The fourth-order valence-corrected chi connectivity index (χ4v) is 4.62. The normalized spacial score (nSPS) is 35.5. The second-order valence-electron chi connectivity index (χ2n) is 6.79. The predicted molar refractivity (Wildman–Crippen MR) is 83.1 cm³/mol. The Labute approximate surface area is 126 Å². The van der Waals surface area contributed by atoms with Gasteiger partial charge < -0.3 is 9.84 Å². The summed E-state index contributed by atoms with van der Waals surface area (Å²) in [5.41, 5.74) is 2.63. The van der Waals surface area contributed by atoms with E-state index in [9.17, 15) is 5.11 Å². The molecule has 2 unspecified atom stereocenters. The van der Waals surface area contributed by atoms with Crippen LogP contribution < -0.4 is 0 Å². The van der Waals surface area contributed by atoms with Crippen LogP contribution in [0.2, 0.25) is 0 Å². The molecule has 0 amide bonds. The van der Waals surface area contributed by atoms with Crippen LogP contribution in [0.5, 0.6) is 5.75 Å². The molecule has 0 aromatic heterocycles. The van der Waals surface area contributed by atoms with Crippen molar-refractivity contribution >= 4 is 0 Å². The maximum absolute atomic E-state index is 10.2. The second-order valence-corrected chi connectivity index (χ2v) is 6.79. The number of phenols is 1. The van der Waals surface area contributed by atoms with Crippen LogP contribution in [0.25, 0.3) is 0 Å². The van der Waals surface area contributed by atoms with Crippen molar-refractivity contribution in [1.82, 2.24) is 0 Å². The van der Waals surface area contributed by atoms with Gasteiger partial charge in [0.1, 0.15) is 5.75 Å². The summed E-state index contributed by atoms with van der Waals surface area (Å²) in [6, 6.07) is 7.73. The Bertz CT molecular complexity index is 548. The van der Waals surface area contributed by atoms with Gasteiger partial charge in [-0.25, -0.2) is 0 Å².